The third-order valence-corrected chi connectivity index (χ3v) is 3.38. The third-order valence-electron chi connectivity index (χ3n) is 3.38. The zero-order chi connectivity index (χ0) is 14.0. The maximum Gasteiger partial charge on any atom is 0.146 e. The molecule has 0 radical (unpaired) electrons. The molecule has 0 aliphatic heterocycles. The van der Waals surface area contributed by atoms with Crippen molar-refractivity contribution in [3.05, 3.63) is 46.5 Å². The van der Waals surface area contributed by atoms with Gasteiger partial charge in [0.15, 0.2) is 0 Å². The Balaban J connectivity index is 2.14. The lowest BCUT2D eigenvalue weighted by Crippen LogP contribution is -2.04. The SMILES string of the molecule is Cc1cc(C)c(OCc2nc(CN)cn2C)cc1C. The fraction of sp³-hybridized carbons (Fsp3) is 0.400. The maximum atomic E-state index is 5.87. The number of imidazole rings is 1. The summed E-state index contributed by atoms with van der Waals surface area (Å²) in [5.74, 6) is 1.80. The molecule has 2 aromatic rings. The smallest absolute Gasteiger partial charge is 0.146 e. The Kier molecular flexibility index (Phi) is 3.90. The lowest BCUT2D eigenvalue weighted by Gasteiger charge is -2.11. The van der Waals surface area contributed by atoms with Crippen molar-refractivity contribution in [2.75, 3.05) is 0 Å². The molecule has 2 rings (SSSR count). The first kappa shape index (κ1) is 13.6. The molecule has 1 aromatic heterocycles. The van der Waals surface area contributed by atoms with Gasteiger partial charge in [-0.1, -0.05) is 6.07 Å². The van der Waals surface area contributed by atoms with E-state index in [1.54, 1.807) is 0 Å². The highest BCUT2D eigenvalue weighted by molar-refractivity contribution is 5.40. The molecular formula is C15H21N3O. The van der Waals surface area contributed by atoms with Gasteiger partial charge < -0.3 is 15.0 Å². The lowest BCUT2D eigenvalue weighted by molar-refractivity contribution is 0.289. The van der Waals surface area contributed by atoms with Crippen LogP contribution in [0.1, 0.15) is 28.2 Å². The standard InChI is InChI=1S/C15H21N3O/c1-10-5-12(3)14(6-11(10)2)19-9-15-17-13(7-16)8-18(15)4/h5-6,8H,7,9,16H2,1-4H3. The molecule has 0 amide bonds. The molecule has 0 saturated carbocycles. The first-order chi connectivity index (χ1) is 9.01. The number of aryl methyl sites for hydroxylation is 4. The topological polar surface area (TPSA) is 53.1 Å². The van der Waals surface area contributed by atoms with Crippen LogP contribution in [-0.4, -0.2) is 9.55 Å². The number of nitrogens with zero attached hydrogens (tertiary/aromatic N) is 2. The molecule has 1 heterocycles. The molecule has 2 N–H and O–H groups in total. The molecule has 0 fully saturated rings. The zero-order valence-electron chi connectivity index (χ0n) is 12.0. The Morgan fingerprint density at radius 3 is 2.47 bits per heavy atom. The van der Waals surface area contributed by atoms with Crippen molar-refractivity contribution in [3.63, 3.8) is 0 Å². The minimum atomic E-state index is 0.455. The van der Waals surface area contributed by atoms with Crippen molar-refractivity contribution in [1.82, 2.24) is 9.55 Å². The van der Waals surface area contributed by atoms with E-state index in [9.17, 15) is 0 Å². The highest BCUT2D eigenvalue weighted by Crippen LogP contribution is 2.23. The average molecular weight is 259 g/mol. The summed E-state index contributed by atoms with van der Waals surface area (Å²) in [4.78, 5) is 4.43. The summed E-state index contributed by atoms with van der Waals surface area (Å²) < 4.78 is 7.83. The molecule has 0 saturated heterocycles. The van der Waals surface area contributed by atoms with Gasteiger partial charge >= 0.3 is 0 Å². The van der Waals surface area contributed by atoms with Crippen molar-refractivity contribution in [2.24, 2.45) is 12.8 Å². The van der Waals surface area contributed by atoms with E-state index in [0.29, 0.717) is 13.2 Å². The largest absolute Gasteiger partial charge is 0.485 e. The number of hydrogen-bond donors (Lipinski definition) is 1. The van der Waals surface area contributed by atoms with Crippen LogP contribution in [-0.2, 0) is 20.2 Å². The van der Waals surface area contributed by atoms with Gasteiger partial charge in [-0.3, -0.25) is 0 Å². The van der Waals surface area contributed by atoms with E-state index in [1.807, 2.05) is 17.8 Å². The highest BCUT2D eigenvalue weighted by Gasteiger charge is 2.07. The number of nitrogens with two attached hydrogens (primary N) is 1. The predicted octanol–water partition coefficient (Wildman–Crippen LogP) is 2.38. The minimum absolute atomic E-state index is 0.455. The van der Waals surface area contributed by atoms with Crippen LogP contribution < -0.4 is 10.5 Å². The van der Waals surface area contributed by atoms with E-state index in [0.717, 1.165) is 22.8 Å². The van der Waals surface area contributed by atoms with Crippen molar-refractivity contribution in [1.29, 1.82) is 0 Å². The van der Waals surface area contributed by atoms with Gasteiger partial charge in [-0.05, 0) is 43.5 Å². The van der Waals surface area contributed by atoms with Gasteiger partial charge in [-0.25, -0.2) is 4.98 Å². The van der Waals surface area contributed by atoms with Crippen molar-refractivity contribution in [2.45, 2.75) is 33.9 Å². The van der Waals surface area contributed by atoms with E-state index in [2.05, 4.69) is 37.9 Å². The molecule has 0 unspecified atom stereocenters. The number of aromatic nitrogens is 2. The normalized spacial score (nSPS) is 10.8. The molecule has 4 nitrogen and oxygen atoms in total. The number of ether oxygens (including phenoxy) is 1. The van der Waals surface area contributed by atoms with Crippen LogP contribution in [0.2, 0.25) is 0 Å². The van der Waals surface area contributed by atoms with Crippen LogP contribution in [0.3, 0.4) is 0 Å². The summed E-state index contributed by atoms with van der Waals surface area (Å²) in [6.07, 6.45) is 1.94. The summed E-state index contributed by atoms with van der Waals surface area (Å²) in [7, 11) is 1.96. The molecule has 0 aliphatic rings. The van der Waals surface area contributed by atoms with E-state index in [4.69, 9.17) is 10.5 Å². The van der Waals surface area contributed by atoms with Crippen LogP contribution in [0.25, 0.3) is 0 Å². The molecule has 102 valence electrons. The molecule has 0 bridgehead atoms. The summed E-state index contributed by atoms with van der Waals surface area (Å²) in [5, 5.41) is 0. The van der Waals surface area contributed by atoms with E-state index in [1.165, 1.54) is 11.1 Å². The van der Waals surface area contributed by atoms with Crippen molar-refractivity contribution in [3.8, 4) is 5.75 Å². The first-order valence-electron chi connectivity index (χ1n) is 6.43. The van der Waals surface area contributed by atoms with Gasteiger partial charge in [0.2, 0.25) is 0 Å². The lowest BCUT2D eigenvalue weighted by atomic mass is 10.1. The Morgan fingerprint density at radius 2 is 1.84 bits per heavy atom. The Hall–Kier alpha value is -1.81. The Bertz CT molecular complexity index is 587. The summed E-state index contributed by atoms with van der Waals surface area (Å²) in [6.45, 7) is 7.18. The van der Waals surface area contributed by atoms with E-state index < -0.39 is 0 Å². The van der Waals surface area contributed by atoms with Crippen LogP contribution in [0.4, 0.5) is 0 Å². The van der Waals surface area contributed by atoms with Crippen LogP contribution in [0.5, 0.6) is 5.75 Å². The Labute approximate surface area is 114 Å². The second-order valence-corrected chi connectivity index (χ2v) is 4.95. The quantitative estimate of drug-likeness (QED) is 0.917. The number of benzene rings is 1. The fourth-order valence-corrected chi connectivity index (χ4v) is 2.04. The maximum absolute atomic E-state index is 5.87. The highest BCUT2D eigenvalue weighted by atomic mass is 16.5. The van der Waals surface area contributed by atoms with Gasteiger partial charge in [0.05, 0.1) is 5.69 Å². The second kappa shape index (κ2) is 5.45. The van der Waals surface area contributed by atoms with Crippen LogP contribution in [0.15, 0.2) is 18.3 Å². The molecule has 19 heavy (non-hydrogen) atoms. The molecule has 0 atom stereocenters. The van der Waals surface area contributed by atoms with Crippen molar-refractivity contribution >= 4 is 0 Å². The zero-order valence-corrected chi connectivity index (χ0v) is 12.0. The van der Waals surface area contributed by atoms with Gasteiger partial charge in [-0.2, -0.15) is 0 Å². The summed E-state index contributed by atoms with van der Waals surface area (Å²) >= 11 is 0. The number of hydrogen-bond acceptors (Lipinski definition) is 3. The fourth-order valence-electron chi connectivity index (χ4n) is 2.04. The van der Waals surface area contributed by atoms with Crippen LogP contribution >= 0.6 is 0 Å². The van der Waals surface area contributed by atoms with Crippen molar-refractivity contribution < 1.29 is 4.74 Å². The van der Waals surface area contributed by atoms with Gasteiger partial charge in [-0.15, -0.1) is 0 Å². The third kappa shape index (κ3) is 2.96. The summed E-state index contributed by atoms with van der Waals surface area (Å²) in [6, 6.07) is 4.23. The molecular weight excluding hydrogens is 238 g/mol. The molecule has 0 spiro atoms. The number of rotatable bonds is 4. The van der Waals surface area contributed by atoms with Gasteiger partial charge in [0.1, 0.15) is 18.2 Å². The monoisotopic (exact) mass is 259 g/mol. The first-order valence-corrected chi connectivity index (χ1v) is 6.43. The summed E-state index contributed by atoms with van der Waals surface area (Å²) in [5.41, 5.74) is 10.1. The second-order valence-electron chi connectivity index (χ2n) is 4.95. The van der Waals surface area contributed by atoms with E-state index in [-0.39, 0.29) is 0 Å². The minimum Gasteiger partial charge on any atom is -0.485 e. The Morgan fingerprint density at radius 1 is 1.16 bits per heavy atom. The van der Waals surface area contributed by atoms with Gasteiger partial charge in [0.25, 0.3) is 0 Å². The molecule has 0 aliphatic carbocycles. The predicted molar refractivity (Wildman–Crippen MR) is 76.1 cm³/mol. The van der Waals surface area contributed by atoms with Crippen LogP contribution in [0, 0.1) is 20.8 Å². The molecule has 4 heteroatoms. The van der Waals surface area contributed by atoms with Gasteiger partial charge in [0, 0.05) is 19.8 Å². The van der Waals surface area contributed by atoms with E-state index >= 15 is 0 Å². The average Bonchev–Trinajstić information content (AvgIpc) is 2.73. The molecule has 1 aromatic carbocycles.